The summed E-state index contributed by atoms with van der Waals surface area (Å²) in [6.07, 6.45) is 1.11. The van der Waals surface area contributed by atoms with Gasteiger partial charge in [-0.05, 0) is 68.2 Å². The van der Waals surface area contributed by atoms with Crippen molar-refractivity contribution >= 4 is 15.9 Å². The number of carbonyl (C=O) groups is 1. The highest BCUT2D eigenvalue weighted by Gasteiger charge is 2.27. The molecule has 2 unspecified atom stereocenters. The number of hydrogen-bond acceptors (Lipinski definition) is 3. The Hall–Kier alpha value is -1.40. The van der Waals surface area contributed by atoms with E-state index in [4.69, 9.17) is 0 Å². The molecule has 0 radical (unpaired) electrons. The highest BCUT2D eigenvalue weighted by atomic mass is 32.2. The number of amides is 1. The minimum atomic E-state index is -3.72. The third-order valence-electron chi connectivity index (χ3n) is 5.20. The number of aryl methyl sites for hydroxylation is 2. The molecule has 2 rings (SSSR count). The fraction of sp³-hybridized carbons (Fsp3) is 0.632. The lowest BCUT2D eigenvalue weighted by molar-refractivity contribution is -0.132. The first-order valence-corrected chi connectivity index (χ1v) is 10.4. The molecule has 140 valence electrons. The van der Waals surface area contributed by atoms with Gasteiger partial charge in [0, 0.05) is 13.1 Å². The van der Waals surface area contributed by atoms with Crippen molar-refractivity contribution in [1.82, 2.24) is 9.62 Å². The van der Waals surface area contributed by atoms with Crippen LogP contribution in [0.5, 0.6) is 0 Å². The fourth-order valence-corrected chi connectivity index (χ4v) is 5.38. The van der Waals surface area contributed by atoms with Crippen LogP contribution in [0.15, 0.2) is 11.0 Å². The molecule has 0 aromatic heterocycles. The van der Waals surface area contributed by atoms with Crippen LogP contribution >= 0.6 is 0 Å². The third kappa shape index (κ3) is 4.42. The molecular formula is C19H30N2O3S. The van der Waals surface area contributed by atoms with E-state index in [0.717, 1.165) is 28.7 Å². The standard InChI is InChI=1S/C19H30N2O3S/c1-12-7-13(2)11-21(10-12)18(22)9-20-25(23,24)19-16(5)14(3)8-15(4)17(19)6/h8,12-13,20H,7,9-11H2,1-6H3. The molecule has 1 aliphatic rings. The van der Waals surface area contributed by atoms with Crippen molar-refractivity contribution in [3.05, 3.63) is 28.3 Å². The van der Waals surface area contributed by atoms with Crippen LogP contribution in [0.1, 0.15) is 42.5 Å². The van der Waals surface area contributed by atoms with E-state index < -0.39 is 10.0 Å². The Bertz CT molecular complexity index is 735. The molecule has 1 amide bonds. The molecule has 0 bridgehead atoms. The quantitative estimate of drug-likeness (QED) is 0.891. The molecule has 0 spiro atoms. The van der Waals surface area contributed by atoms with Crippen molar-refractivity contribution < 1.29 is 13.2 Å². The maximum Gasteiger partial charge on any atom is 0.241 e. The predicted molar refractivity (Wildman–Crippen MR) is 100 cm³/mol. The van der Waals surface area contributed by atoms with E-state index in [1.165, 1.54) is 0 Å². The van der Waals surface area contributed by atoms with Crippen LogP contribution in [0.4, 0.5) is 0 Å². The first kappa shape index (κ1) is 19.9. The first-order valence-electron chi connectivity index (χ1n) is 8.87. The average Bonchev–Trinajstić information content (AvgIpc) is 2.50. The SMILES string of the molecule is Cc1cc(C)c(C)c(S(=O)(=O)NCC(=O)N2CC(C)CC(C)C2)c1C. The molecule has 0 saturated carbocycles. The summed E-state index contributed by atoms with van der Waals surface area (Å²) in [4.78, 5) is 14.6. The zero-order chi connectivity index (χ0) is 18.9. The second kappa shape index (κ2) is 7.46. The van der Waals surface area contributed by atoms with Gasteiger partial charge in [-0.2, -0.15) is 0 Å². The summed E-state index contributed by atoms with van der Waals surface area (Å²) in [7, 11) is -3.72. The summed E-state index contributed by atoms with van der Waals surface area (Å²) in [5.41, 5.74) is 3.36. The second-order valence-corrected chi connectivity index (χ2v) is 9.36. The number of benzene rings is 1. The van der Waals surface area contributed by atoms with Gasteiger partial charge in [0.1, 0.15) is 0 Å². The van der Waals surface area contributed by atoms with Gasteiger partial charge in [0.25, 0.3) is 0 Å². The van der Waals surface area contributed by atoms with E-state index >= 15 is 0 Å². The number of nitrogens with one attached hydrogen (secondary N) is 1. The summed E-state index contributed by atoms with van der Waals surface area (Å²) in [6, 6.07) is 1.99. The third-order valence-corrected chi connectivity index (χ3v) is 6.88. The van der Waals surface area contributed by atoms with Crippen LogP contribution in [-0.4, -0.2) is 38.9 Å². The van der Waals surface area contributed by atoms with Crippen molar-refractivity contribution in [3.8, 4) is 0 Å². The van der Waals surface area contributed by atoms with Crippen LogP contribution in [0.3, 0.4) is 0 Å². The number of sulfonamides is 1. The molecule has 1 heterocycles. The average molecular weight is 367 g/mol. The number of piperidine rings is 1. The van der Waals surface area contributed by atoms with Crippen LogP contribution < -0.4 is 4.72 Å². The maximum atomic E-state index is 12.8. The lowest BCUT2D eigenvalue weighted by Crippen LogP contribution is -2.46. The fourth-order valence-electron chi connectivity index (χ4n) is 3.79. The van der Waals surface area contributed by atoms with Crippen molar-refractivity contribution in [2.24, 2.45) is 11.8 Å². The summed E-state index contributed by atoms with van der Waals surface area (Å²) < 4.78 is 28.1. The van der Waals surface area contributed by atoms with E-state index in [1.54, 1.807) is 4.90 Å². The lowest BCUT2D eigenvalue weighted by atomic mass is 9.92. The molecule has 5 nitrogen and oxygen atoms in total. The van der Waals surface area contributed by atoms with Crippen molar-refractivity contribution in [2.75, 3.05) is 19.6 Å². The van der Waals surface area contributed by atoms with Gasteiger partial charge >= 0.3 is 0 Å². The number of likely N-dealkylation sites (tertiary alicyclic amines) is 1. The molecule has 1 aliphatic heterocycles. The van der Waals surface area contributed by atoms with Gasteiger partial charge in [-0.1, -0.05) is 19.9 Å². The molecule has 1 aromatic rings. The largest absolute Gasteiger partial charge is 0.341 e. The molecule has 25 heavy (non-hydrogen) atoms. The Morgan fingerprint density at radius 1 is 1.08 bits per heavy atom. The van der Waals surface area contributed by atoms with Crippen LogP contribution in [0.25, 0.3) is 0 Å². The zero-order valence-electron chi connectivity index (χ0n) is 16.1. The van der Waals surface area contributed by atoms with Crippen LogP contribution in [-0.2, 0) is 14.8 Å². The maximum absolute atomic E-state index is 12.8. The van der Waals surface area contributed by atoms with E-state index in [1.807, 2.05) is 33.8 Å². The monoisotopic (exact) mass is 366 g/mol. The number of rotatable bonds is 4. The molecule has 1 aromatic carbocycles. The predicted octanol–water partition coefficient (Wildman–Crippen LogP) is 2.70. The number of carbonyl (C=O) groups excluding carboxylic acids is 1. The minimum Gasteiger partial charge on any atom is -0.341 e. The summed E-state index contributed by atoms with van der Waals surface area (Å²) >= 11 is 0. The Kier molecular flexibility index (Phi) is 5.94. The van der Waals surface area contributed by atoms with E-state index in [2.05, 4.69) is 18.6 Å². The highest BCUT2D eigenvalue weighted by Crippen LogP contribution is 2.26. The first-order chi connectivity index (χ1) is 11.5. The van der Waals surface area contributed by atoms with Gasteiger partial charge in [0.15, 0.2) is 0 Å². The van der Waals surface area contributed by atoms with Gasteiger partial charge < -0.3 is 4.90 Å². The smallest absolute Gasteiger partial charge is 0.241 e. The zero-order valence-corrected chi connectivity index (χ0v) is 17.0. The topological polar surface area (TPSA) is 66.5 Å². The normalized spacial score (nSPS) is 21.4. The van der Waals surface area contributed by atoms with E-state index in [9.17, 15) is 13.2 Å². The number of hydrogen-bond donors (Lipinski definition) is 1. The Morgan fingerprint density at radius 2 is 1.56 bits per heavy atom. The Morgan fingerprint density at radius 3 is 2.04 bits per heavy atom. The van der Waals surface area contributed by atoms with E-state index in [0.29, 0.717) is 29.8 Å². The molecule has 2 atom stereocenters. The van der Waals surface area contributed by atoms with Gasteiger partial charge in [0.2, 0.25) is 15.9 Å². The summed E-state index contributed by atoms with van der Waals surface area (Å²) in [5, 5.41) is 0. The molecule has 6 heteroatoms. The highest BCUT2D eigenvalue weighted by molar-refractivity contribution is 7.89. The van der Waals surface area contributed by atoms with Crippen LogP contribution in [0.2, 0.25) is 0 Å². The van der Waals surface area contributed by atoms with Crippen LogP contribution in [0, 0.1) is 39.5 Å². The van der Waals surface area contributed by atoms with Crippen molar-refractivity contribution in [2.45, 2.75) is 52.9 Å². The Balaban J connectivity index is 2.16. The van der Waals surface area contributed by atoms with Gasteiger partial charge in [-0.3, -0.25) is 4.79 Å². The minimum absolute atomic E-state index is 0.151. The summed E-state index contributed by atoms with van der Waals surface area (Å²) in [5.74, 6) is 0.753. The Labute approximate surface area is 151 Å². The molecule has 0 aliphatic carbocycles. The summed E-state index contributed by atoms with van der Waals surface area (Å²) in [6.45, 7) is 12.9. The van der Waals surface area contributed by atoms with E-state index in [-0.39, 0.29) is 12.5 Å². The molecule has 1 N–H and O–H groups in total. The van der Waals surface area contributed by atoms with Gasteiger partial charge in [0.05, 0.1) is 11.4 Å². The molecule has 1 fully saturated rings. The second-order valence-electron chi connectivity index (χ2n) is 7.66. The molecule has 1 saturated heterocycles. The molecular weight excluding hydrogens is 336 g/mol. The van der Waals surface area contributed by atoms with Crippen molar-refractivity contribution in [1.29, 1.82) is 0 Å². The van der Waals surface area contributed by atoms with Gasteiger partial charge in [-0.25, -0.2) is 13.1 Å². The van der Waals surface area contributed by atoms with Crippen molar-refractivity contribution in [3.63, 3.8) is 0 Å². The van der Waals surface area contributed by atoms with Gasteiger partial charge in [-0.15, -0.1) is 0 Å². The number of nitrogens with zero attached hydrogens (tertiary/aromatic N) is 1. The lowest BCUT2D eigenvalue weighted by Gasteiger charge is -2.35.